The Morgan fingerprint density at radius 2 is 1.90 bits per heavy atom. The number of halogens is 8. The van der Waals surface area contributed by atoms with Gasteiger partial charge in [0.05, 0.1) is 11.8 Å². The van der Waals surface area contributed by atoms with Crippen molar-refractivity contribution in [3.63, 3.8) is 0 Å². The van der Waals surface area contributed by atoms with Gasteiger partial charge in [-0.25, -0.2) is 18.2 Å². The molecule has 0 saturated heterocycles. The molecule has 1 aromatic carbocycles. The number of ether oxygens (including phenoxy) is 2. The van der Waals surface area contributed by atoms with Crippen LogP contribution in [0.15, 0.2) is 47.0 Å². The minimum Gasteiger partial charge on any atom is -0.473 e. The van der Waals surface area contributed by atoms with Gasteiger partial charge in [-0.05, 0) is 24.1 Å². The first kappa shape index (κ1) is 21.3. The first-order valence-electron chi connectivity index (χ1n) is 8.27. The van der Waals surface area contributed by atoms with Crippen molar-refractivity contribution in [2.24, 2.45) is 4.99 Å². The van der Waals surface area contributed by atoms with Crippen LogP contribution in [-0.4, -0.2) is 36.6 Å². The van der Waals surface area contributed by atoms with Crippen molar-refractivity contribution in [1.29, 1.82) is 0 Å². The summed E-state index contributed by atoms with van der Waals surface area (Å²) in [5, 5.41) is 0. The van der Waals surface area contributed by atoms with Crippen molar-refractivity contribution < 1.29 is 44.6 Å². The molecule has 29 heavy (non-hydrogen) atoms. The second-order valence-electron chi connectivity index (χ2n) is 6.33. The van der Waals surface area contributed by atoms with Gasteiger partial charge in [0.2, 0.25) is 6.10 Å². The molecule has 0 aromatic heterocycles. The second-order valence-corrected chi connectivity index (χ2v) is 6.33. The van der Waals surface area contributed by atoms with Crippen LogP contribution < -0.4 is 4.74 Å². The SMILES string of the molecule is Fc1ccc2c(c1)N=C(CC1=CC(OC(F)(F)C(F)F)CC=C1)C(C(F)(F)F)O2. The zero-order chi connectivity index (χ0) is 21.4. The Morgan fingerprint density at radius 3 is 2.55 bits per heavy atom. The van der Waals surface area contributed by atoms with E-state index in [9.17, 15) is 35.1 Å². The van der Waals surface area contributed by atoms with Crippen LogP contribution in [0.1, 0.15) is 12.8 Å². The Kier molecular flexibility index (Phi) is 5.70. The van der Waals surface area contributed by atoms with E-state index in [4.69, 9.17) is 4.74 Å². The lowest BCUT2D eigenvalue weighted by atomic mass is 9.97. The third-order valence-corrected chi connectivity index (χ3v) is 4.08. The average Bonchev–Trinajstić information content (AvgIpc) is 2.60. The van der Waals surface area contributed by atoms with Crippen molar-refractivity contribution in [3.05, 3.63) is 47.8 Å². The molecule has 1 aromatic rings. The topological polar surface area (TPSA) is 30.8 Å². The van der Waals surface area contributed by atoms with Gasteiger partial charge in [0.25, 0.3) is 0 Å². The average molecular weight is 427 g/mol. The Hall–Kier alpha value is -2.43. The van der Waals surface area contributed by atoms with Crippen LogP contribution in [0, 0.1) is 5.82 Å². The van der Waals surface area contributed by atoms with E-state index in [0.29, 0.717) is 0 Å². The minimum absolute atomic E-state index is 0.0859. The van der Waals surface area contributed by atoms with Gasteiger partial charge in [0, 0.05) is 12.5 Å². The standard InChI is InChI=1S/C18H13F8NO2/c19-10-4-5-14-12(8-10)27-13(15(28-14)17(22,23)24)7-9-2-1-3-11(6-9)29-18(25,26)16(20)21/h1-2,4-6,8,11,15-16H,3,7H2. The Morgan fingerprint density at radius 1 is 1.17 bits per heavy atom. The molecule has 3 rings (SSSR count). The molecule has 1 aliphatic carbocycles. The maximum absolute atomic E-state index is 13.4. The molecule has 0 fully saturated rings. The predicted molar refractivity (Wildman–Crippen MR) is 86.2 cm³/mol. The van der Waals surface area contributed by atoms with Gasteiger partial charge >= 0.3 is 18.7 Å². The normalized spacial score (nSPS) is 22.1. The number of alkyl halides is 7. The number of hydrogen-bond acceptors (Lipinski definition) is 3. The third kappa shape index (κ3) is 4.95. The smallest absolute Gasteiger partial charge is 0.430 e. The number of rotatable bonds is 5. The quantitative estimate of drug-likeness (QED) is 0.561. The molecule has 0 spiro atoms. The highest BCUT2D eigenvalue weighted by atomic mass is 19.4. The van der Waals surface area contributed by atoms with Crippen molar-refractivity contribution >= 4 is 11.4 Å². The highest BCUT2D eigenvalue weighted by Gasteiger charge is 2.47. The van der Waals surface area contributed by atoms with E-state index in [2.05, 4.69) is 9.73 Å². The van der Waals surface area contributed by atoms with Crippen LogP contribution in [0.3, 0.4) is 0 Å². The van der Waals surface area contributed by atoms with Crippen LogP contribution in [0.4, 0.5) is 40.8 Å². The Balaban J connectivity index is 1.86. The molecule has 0 radical (unpaired) electrons. The lowest BCUT2D eigenvalue weighted by Crippen LogP contribution is -2.43. The third-order valence-electron chi connectivity index (χ3n) is 4.08. The molecule has 2 atom stereocenters. The summed E-state index contributed by atoms with van der Waals surface area (Å²) >= 11 is 0. The lowest BCUT2D eigenvalue weighted by molar-refractivity contribution is -0.311. The zero-order valence-corrected chi connectivity index (χ0v) is 14.4. The number of benzene rings is 1. The molecule has 11 heteroatoms. The molecule has 2 aliphatic rings. The molecule has 2 unspecified atom stereocenters. The monoisotopic (exact) mass is 427 g/mol. The fraction of sp³-hybridized carbons (Fsp3) is 0.389. The highest BCUT2D eigenvalue weighted by Crippen LogP contribution is 2.39. The van der Waals surface area contributed by atoms with Crippen LogP contribution in [0.2, 0.25) is 0 Å². The maximum atomic E-state index is 13.4. The first-order chi connectivity index (χ1) is 13.5. The molecule has 1 heterocycles. The summed E-state index contributed by atoms with van der Waals surface area (Å²) in [6.07, 6.45) is -14.5. The molecule has 0 N–H and O–H groups in total. The minimum atomic E-state index is -4.84. The fourth-order valence-corrected chi connectivity index (χ4v) is 2.85. The summed E-state index contributed by atoms with van der Waals surface area (Å²) < 4.78 is 113. The zero-order valence-electron chi connectivity index (χ0n) is 14.4. The van der Waals surface area contributed by atoms with E-state index in [1.54, 1.807) is 0 Å². The van der Waals surface area contributed by atoms with Crippen molar-refractivity contribution in [2.45, 2.75) is 43.8 Å². The van der Waals surface area contributed by atoms with Gasteiger partial charge in [-0.3, -0.25) is 0 Å². The van der Waals surface area contributed by atoms with E-state index in [-0.39, 0.29) is 23.4 Å². The summed E-state index contributed by atoms with van der Waals surface area (Å²) in [5.74, 6) is -0.996. The first-order valence-corrected chi connectivity index (χ1v) is 8.27. The van der Waals surface area contributed by atoms with Gasteiger partial charge in [-0.1, -0.05) is 18.2 Å². The fourth-order valence-electron chi connectivity index (χ4n) is 2.85. The van der Waals surface area contributed by atoms with Crippen molar-refractivity contribution in [2.75, 3.05) is 0 Å². The molecule has 0 amide bonds. The van der Waals surface area contributed by atoms with Gasteiger partial charge in [0.1, 0.15) is 17.3 Å². The molecule has 3 nitrogen and oxygen atoms in total. The summed E-state index contributed by atoms with van der Waals surface area (Å²) in [5.41, 5.74) is -0.603. The number of nitrogens with zero attached hydrogens (tertiary/aromatic N) is 1. The van der Waals surface area contributed by atoms with Crippen LogP contribution >= 0.6 is 0 Å². The Bertz CT molecular complexity index is 860. The van der Waals surface area contributed by atoms with E-state index >= 15 is 0 Å². The molecule has 158 valence electrons. The number of fused-ring (bicyclic) bond motifs is 1. The van der Waals surface area contributed by atoms with E-state index < -0.39 is 48.9 Å². The largest absolute Gasteiger partial charge is 0.473 e. The number of aliphatic imine (C=N–C) groups is 1. The maximum Gasteiger partial charge on any atom is 0.430 e. The van der Waals surface area contributed by atoms with E-state index in [0.717, 1.165) is 24.3 Å². The molecule has 0 bridgehead atoms. The number of hydrogen-bond donors (Lipinski definition) is 0. The molecular formula is C18H13F8NO2. The highest BCUT2D eigenvalue weighted by molar-refractivity contribution is 5.96. The van der Waals surface area contributed by atoms with Gasteiger partial charge in [-0.15, -0.1) is 0 Å². The van der Waals surface area contributed by atoms with Crippen molar-refractivity contribution in [3.8, 4) is 5.75 Å². The molecular weight excluding hydrogens is 414 g/mol. The van der Waals surface area contributed by atoms with E-state index in [1.807, 2.05) is 0 Å². The Labute approximate surface area is 159 Å². The summed E-state index contributed by atoms with van der Waals surface area (Å²) in [6.45, 7) is 0. The summed E-state index contributed by atoms with van der Waals surface area (Å²) in [7, 11) is 0. The lowest BCUT2D eigenvalue weighted by Gasteiger charge is -2.29. The summed E-state index contributed by atoms with van der Waals surface area (Å²) in [6, 6.07) is 2.83. The van der Waals surface area contributed by atoms with Gasteiger partial charge < -0.3 is 9.47 Å². The van der Waals surface area contributed by atoms with Gasteiger partial charge in [0.15, 0.2) is 0 Å². The molecule has 0 saturated carbocycles. The molecule has 1 aliphatic heterocycles. The number of allylic oxidation sites excluding steroid dienone is 2. The van der Waals surface area contributed by atoms with Gasteiger partial charge in [-0.2, -0.15) is 22.0 Å². The van der Waals surface area contributed by atoms with Crippen molar-refractivity contribution in [1.82, 2.24) is 0 Å². The van der Waals surface area contributed by atoms with Crippen LogP contribution in [0.5, 0.6) is 5.75 Å². The van der Waals surface area contributed by atoms with Crippen LogP contribution in [0.25, 0.3) is 0 Å². The second kappa shape index (κ2) is 7.77. The van der Waals surface area contributed by atoms with E-state index in [1.165, 1.54) is 12.2 Å². The predicted octanol–water partition coefficient (Wildman–Crippen LogP) is 5.74. The van der Waals surface area contributed by atoms with Crippen LogP contribution in [-0.2, 0) is 4.74 Å². The summed E-state index contributed by atoms with van der Waals surface area (Å²) in [4.78, 5) is 3.82.